The van der Waals surface area contributed by atoms with Gasteiger partial charge >= 0.3 is 0 Å². The highest BCUT2D eigenvalue weighted by Gasteiger charge is 2.28. The van der Waals surface area contributed by atoms with Crippen molar-refractivity contribution in [1.82, 2.24) is 0 Å². The van der Waals surface area contributed by atoms with Crippen molar-refractivity contribution in [3.8, 4) is 34.4 Å². The lowest BCUT2D eigenvalue weighted by molar-refractivity contribution is 0.628. The summed E-state index contributed by atoms with van der Waals surface area (Å²) < 4.78 is 0. The SMILES string of the molecule is N#Cc1ccc(C(CCc2ccc(CC(c3ccc(C#N)cc3)c3ccc4c(c3)-c3ccccc3CC4c3ccccc3)cc2)c2ccc3c(c2)-c2ccccc2CCC3Cc2ccccc2)cc1. The Morgan fingerprint density at radius 1 is 0.435 bits per heavy atom. The van der Waals surface area contributed by atoms with Gasteiger partial charge in [0.05, 0.1) is 23.3 Å². The van der Waals surface area contributed by atoms with Gasteiger partial charge in [-0.15, -0.1) is 0 Å². The second-order valence-electron chi connectivity index (χ2n) is 19.2. The fraction of sp³-hybridized carbons (Fsp3) is 0.164. The van der Waals surface area contributed by atoms with Gasteiger partial charge in [0.15, 0.2) is 0 Å². The van der Waals surface area contributed by atoms with Crippen LogP contribution in [-0.2, 0) is 32.1 Å². The lowest BCUT2D eigenvalue weighted by Crippen LogP contribution is -2.14. The summed E-state index contributed by atoms with van der Waals surface area (Å²) in [4.78, 5) is 0. The molecule has 4 unspecified atom stereocenters. The maximum Gasteiger partial charge on any atom is 0.0991 e. The highest BCUT2D eigenvalue weighted by molar-refractivity contribution is 5.76. The molecular weight excluding hydrogens is 833 g/mol. The van der Waals surface area contributed by atoms with E-state index in [0.29, 0.717) is 23.0 Å². The first kappa shape index (κ1) is 43.5. The molecule has 0 N–H and O–H groups in total. The molecule has 0 bridgehead atoms. The summed E-state index contributed by atoms with van der Waals surface area (Å²) in [5.74, 6) is 0.989. The summed E-state index contributed by atoms with van der Waals surface area (Å²) in [6.07, 6.45) is 6.90. The second kappa shape index (κ2) is 19.7. The van der Waals surface area contributed by atoms with Gasteiger partial charge < -0.3 is 0 Å². The molecule has 9 aromatic carbocycles. The molecule has 0 fully saturated rings. The molecule has 0 aromatic heterocycles. The standard InChI is InChI=1S/C67H54N2/c68-44-49-23-28-53(29-24-49)59(57-34-37-62-56(39-47-11-3-1-4-12-47)33-32-52-15-7-9-17-60(52)66(62)42-57)36-27-46-19-21-48(22-20-46)40-64(54-30-25-50(45-69)26-31-54)58-35-38-63-65(51-13-5-2-6-14-51)41-55-16-8-10-18-61(55)67(63)43-58/h1-26,28-31,34-35,37-38,42-43,56,59,64-65H,27,32-33,36,39-41H2. The van der Waals surface area contributed by atoms with E-state index in [0.717, 1.165) is 44.9 Å². The molecule has 2 aliphatic rings. The van der Waals surface area contributed by atoms with Crippen molar-refractivity contribution in [3.05, 3.63) is 296 Å². The van der Waals surface area contributed by atoms with Gasteiger partial charge in [-0.1, -0.05) is 194 Å². The van der Waals surface area contributed by atoms with Crippen molar-refractivity contribution in [3.63, 3.8) is 0 Å². The van der Waals surface area contributed by atoms with Gasteiger partial charge in [-0.3, -0.25) is 0 Å². The lowest BCUT2D eigenvalue weighted by Gasteiger charge is -2.30. The van der Waals surface area contributed by atoms with E-state index in [4.69, 9.17) is 0 Å². The van der Waals surface area contributed by atoms with Gasteiger partial charge in [0, 0.05) is 17.8 Å². The average Bonchev–Trinajstić information content (AvgIpc) is 3.57. The number of nitriles is 2. The number of rotatable bonds is 12. The molecule has 0 saturated heterocycles. The summed E-state index contributed by atoms with van der Waals surface area (Å²) >= 11 is 0. The van der Waals surface area contributed by atoms with Crippen molar-refractivity contribution in [2.24, 2.45) is 0 Å². The number of nitrogens with zero attached hydrogens (tertiary/aromatic N) is 2. The first-order valence-electron chi connectivity index (χ1n) is 24.7. The van der Waals surface area contributed by atoms with Crippen molar-refractivity contribution in [2.45, 2.75) is 68.6 Å². The largest absolute Gasteiger partial charge is 0.192 e. The monoisotopic (exact) mass is 886 g/mol. The Morgan fingerprint density at radius 3 is 1.62 bits per heavy atom. The van der Waals surface area contributed by atoms with Crippen LogP contribution < -0.4 is 0 Å². The van der Waals surface area contributed by atoms with Crippen LogP contribution in [-0.4, -0.2) is 0 Å². The molecule has 332 valence electrons. The third kappa shape index (κ3) is 9.20. The zero-order valence-corrected chi connectivity index (χ0v) is 38.9. The molecule has 69 heavy (non-hydrogen) atoms. The molecule has 0 saturated carbocycles. The van der Waals surface area contributed by atoms with E-state index in [1.54, 1.807) is 0 Å². The van der Waals surface area contributed by atoms with Crippen LogP contribution in [0.25, 0.3) is 22.3 Å². The predicted molar refractivity (Wildman–Crippen MR) is 281 cm³/mol. The summed E-state index contributed by atoms with van der Waals surface area (Å²) in [5.41, 5.74) is 22.7. The number of benzene rings is 9. The zero-order chi connectivity index (χ0) is 46.5. The minimum Gasteiger partial charge on any atom is -0.192 e. The smallest absolute Gasteiger partial charge is 0.0991 e. The van der Waals surface area contributed by atoms with Gasteiger partial charge in [0.2, 0.25) is 0 Å². The van der Waals surface area contributed by atoms with Gasteiger partial charge in [0.1, 0.15) is 0 Å². The predicted octanol–water partition coefficient (Wildman–Crippen LogP) is 15.9. The van der Waals surface area contributed by atoms with E-state index in [1.165, 1.54) is 89.0 Å². The number of fused-ring (bicyclic) bond motifs is 6. The van der Waals surface area contributed by atoms with Gasteiger partial charge in [-0.05, 0) is 164 Å². The van der Waals surface area contributed by atoms with Crippen molar-refractivity contribution in [1.29, 1.82) is 10.5 Å². The number of aryl methyl sites for hydroxylation is 2. The molecule has 2 aliphatic carbocycles. The minimum atomic E-state index is 0.101. The maximum atomic E-state index is 9.72. The molecule has 0 spiro atoms. The summed E-state index contributed by atoms with van der Waals surface area (Å²) in [6, 6.07) is 84.8. The topological polar surface area (TPSA) is 47.6 Å². The molecule has 0 heterocycles. The van der Waals surface area contributed by atoms with E-state index in [9.17, 15) is 10.5 Å². The van der Waals surface area contributed by atoms with Crippen LogP contribution >= 0.6 is 0 Å². The van der Waals surface area contributed by atoms with E-state index < -0.39 is 0 Å². The highest BCUT2D eigenvalue weighted by atomic mass is 14.3. The van der Waals surface area contributed by atoms with Crippen molar-refractivity contribution >= 4 is 0 Å². The quantitative estimate of drug-likeness (QED) is 0.123. The second-order valence-corrected chi connectivity index (χ2v) is 19.2. The fourth-order valence-electron chi connectivity index (χ4n) is 11.5. The Labute approximate surface area is 407 Å². The van der Waals surface area contributed by atoms with Crippen LogP contribution in [0.1, 0.15) is 114 Å². The number of hydrogen-bond donors (Lipinski definition) is 0. The van der Waals surface area contributed by atoms with Crippen LogP contribution in [0.2, 0.25) is 0 Å². The van der Waals surface area contributed by atoms with Crippen molar-refractivity contribution < 1.29 is 0 Å². The molecule has 0 radical (unpaired) electrons. The first-order chi connectivity index (χ1) is 34.1. The Morgan fingerprint density at radius 2 is 0.957 bits per heavy atom. The van der Waals surface area contributed by atoms with Crippen LogP contribution in [0.15, 0.2) is 218 Å². The first-order valence-corrected chi connectivity index (χ1v) is 24.7. The van der Waals surface area contributed by atoms with Crippen LogP contribution in [0.4, 0.5) is 0 Å². The van der Waals surface area contributed by atoms with Crippen LogP contribution in [0.3, 0.4) is 0 Å². The molecule has 0 amide bonds. The van der Waals surface area contributed by atoms with E-state index in [1.807, 2.05) is 24.3 Å². The molecule has 0 aliphatic heterocycles. The fourth-order valence-corrected chi connectivity index (χ4v) is 11.5. The third-order valence-electron chi connectivity index (χ3n) is 15.2. The third-order valence-corrected chi connectivity index (χ3v) is 15.2. The molecule has 2 heteroatoms. The normalized spacial score (nSPS) is 15.4. The maximum absolute atomic E-state index is 9.72. The summed E-state index contributed by atoms with van der Waals surface area (Å²) in [6.45, 7) is 0. The summed E-state index contributed by atoms with van der Waals surface area (Å²) in [5, 5.41) is 19.4. The van der Waals surface area contributed by atoms with E-state index >= 15 is 0 Å². The van der Waals surface area contributed by atoms with E-state index in [2.05, 4.69) is 206 Å². The average molecular weight is 887 g/mol. The molecular formula is C67H54N2. The molecule has 11 rings (SSSR count). The zero-order valence-electron chi connectivity index (χ0n) is 38.9. The van der Waals surface area contributed by atoms with Crippen molar-refractivity contribution in [2.75, 3.05) is 0 Å². The Balaban J connectivity index is 0.894. The Hall–Kier alpha value is -8.04. The van der Waals surface area contributed by atoms with Gasteiger partial charge in [0.25, 0.3) is 0 Å². The lowest BCUT2D eigenvalue weighted by atomic mass is 9.74. The van der Waals surface area contributed by atoms with Crippen LogP contribution in [0, 0.1) is 22.7 Å². The highest BCUT2D eigenvalue weighted by Crippen LogP contribution is 2.46. The van der Waals surface area contributed by atoms with Crippen LogP contribution in [0.5, 0.6) is 0 Å². The van der Waals surface area contributed by atoms with Gasteiger partial charge in [-0.2, -0.15) is 10.5 Å². The molecule has 9 aromatic rings. The van der Waals surface area contributed by atoms with E-state index in [-0.39, 0.29) is 11.8 Å². The van der Waals surface area contributed by atoms with Gasteiger partial charge in [-0.25, -0.2) is 0 Å². The Bertz CT molecular complexity index is 3320. The minimum absolute atomic E-state index is 0.101. The molecule has 4 atom stereocenters. The molecule has 2 nitrogen and oxygen atoms in total. The number of hydrogen-bond acceptors (Lipinski definition) is 2. The Kier molecular flexibility index (Phi) is 12.4. The summed E-state index contributed by atoms with van der Waals surface area (Å²) in [7, 11) is 0.